The quantitative estimate of drug-likeness (QED) is 0.492. The van der Waals surface area contributed by atoms with Gasteiger partial charge in [-0.3, -0.25) is 0 Å². The summed E-state index contributed by atoms with van der Waals surface area (Å²) < 4.78 is 1.95. The third kappa shape index (κ3) is 4.18. The molecule has 1 aliphatic carbocycles. The summed E-state index contributed by atoms with van der Waals surface area (Å²) in [6.45, 7) is 0.537. The highest BCUT2D eigenvalue weighted by atomic mass is 127. The van der Waals surface area contributed by atoms with Crippen molar-refractivity contribution < 1.29 is 0 Å². The Morgan fingerprint density at radius 2 is 2.29 bits per heavy atom. The number of hydrogen-bond donors (Lipinski definition) is 2. The van der Waals surface area contributed by atoms with Crippen molar-refractivity contribution >= 4 is 29.9 Å². The Labute approximate surface area is 119 Å². The van der Waals surface area contributed by atoms with Crippen molar-refractivity contribution in [2.45, 2.75) is 38.3 Å². The Bertz CT molecular complexity index is 368. The highest BCUT2D eigenvalue weighted by molar-refractivity contribution is 14.0. The molecule has 0 radical (unpaired) electrons. The van der Waals surface area contributed by atoms with Gasteiger partial charge in [0.1, 0.15) is 12.4 Å². The molecular weight excluding hydrogens is 329 g/mol. The van der Waals surface area contributed by atoms with Crippen LogP contribution in [0.5, 0.6) is 0 Å². The molecular formula is C11H20IN5. The molecule has 0 saturated heterocycles. The molecule has 5 nitrogen and oxygen atoms in total. The smallest absolute Gasteiger partial charge is 0.189 e. The number of nitrogens with zero attached hydrogens (tertiary/aromatic N) is 3. The van der Waals surface area contributed by atoms with Crippen molar-refractivity contribution in [3.8, 4) is 0 Å². The number of aryl methyl sites for hydroxylation is 1. The van der Waals surface area contributed by atoms with E-state index in [1.807, 2.05) is 17.8 Å². The van der Waals surface area contributed by atoms with Crippen LogP contribution in [0.2, 0.25) is 0 Å². The van der Waals surface area contributed by atoms with Gasteiger partial charge in [-0.05, 0) is 12.8 Å². The molecule has 0 bridgehead atoms. The van der Waals surface area contributed by atoms with Crippen molar-refractivity contribution in [3.63, 3.8) is 0 Å². The lowest BCUT2D eigenvalue weighted by Gasteiger charge is -2.12. The van der Waals surface area contributed by atoms with E-state index in [-0.39, 0.29) is 24.0 Å². The number of rotatable bonds is 3. The predicted molar refractivity (Wildman–Crippen MR) is 79.3 cm³/mol. The Kier molecular flexibility index (Phi) is 5.73. The molecule has 0 aliphatic heterocycles. The van der Waals surface area contributed by atoms with Crippen molar-refractivity contribution in [2.24, 2.45) is 17.8 Å². The summed E-state index contributed by atoms with van der Waals surface area (Å²) in [4.78, 5) is 8.48. The summed E-state index contributed by atoms with van der Waals surface area (Å²) >= 11 is 0. The second-order valence-electron chi connectivity index (χ2n) is 4.28. The average Bonchev–Trinajstić information content (AvgIpc) is 2.87. The molecule has 6 heteroatoms. The Hall–Kier alpha value is -0.790. The third-order valence-electron chi connectivity index (χ3n) is 3.02. The molecule has 3 N–H and O–H groups in total. The maximum Gasteiger partial charge on any atom is 0.189 e. The van der Waals surface area contributed by atoms with Crippen LogP contribution >= 0.6 is 24.0 Å². The van der Waals surface area contributed by atoms with E-state index in [0.717, 1.165) is 5.82 Å². The fourth-order valence-corrected chi connectivity index (χ4v) is 2.03. The van der Waals surface area contributed by atoms with Crippen LogP contribution in [0, 0.1) is 0 Å². The number of nitrogens with two attached hydrogens (primary N) is 1. The van der Waals surface area contributed by atoms with Gasteiger partial charge in [0.05, 0.1) is 0 Å². The number of nitrogens with one attached hydrogen (secondary N) is 1. The molecule has 0 amide bonds. The zero-order valence-corrected chi connectivity index (χ0v) is 12.4. The molecule has 1 aromatic rings. The number of imidazole rings is 1. The van der Waals surface area contributed by atoms with Gasteiger partial charge in [0.2, 0.25) is 0 Å². The van der Waals surface area contributed by atoms with Crippen molar-refractivity contribution in [1.29, 1.82) is 0 Å². The third-order valence-corrected chi connectivity index (χ3v) is 3.02. The molecule has 1 saturated carbocycles. The largest absolute Gasteiger partial charge is 0.370 e. The zero-order chi connectivity index (χ0) is 11.4. The van der Waals surface area contributed by atoms with E-state index in [2.05, 4.69) is 15.3 Å². The number of hydrogen-bond acceptors (Lipinski definition) is 2. The summed E-state index contributed by atoms with van der Waals surface area (Å²) in [7, 11) is 1.96. The van der Waals surface area contributed by atoms with Gasteiger partial charge < -0.3 is 15.6 Å². The van der Waals surface area contributed by atoms with Gasteiger partial charge in [-0.1, -0.05) is 12.8 Å². The molecule has 2 rings (SSSR count). The first-order chi connectivity index (χ1) is 7.75. The van der Waals surface area contributed by atoms with E-state index in [1.165, 1.54) is 25.7 Å². The maximum absolute atomic E-state index is 5.82. The van der Waals surface area contributed by atoms with E-state index in [4.69, 9.17) is 5.73 Å². The SMILES string of the molecule is Cn1ccnc1CN=C(N)NC1CCCC1.I. The summed E-state index contributed by atoms with van der Waals surface area (Å²) in [6, 6.07) is 0.519. The van der Waals surface area contributed by atoms with E-state index < -0.39 is 0 Å². The number of guanidine groups is 1. The monoisotopic (exact) mass is 349 g/mol. The summed E-state index contributed by atoms with van der Waals surface area (Å²) in [6.07, 6.45) is 8.68. The number of aromatic nitrogens is 2. The van der Waals surface area contributed by atoms with Gasteiger partial charge in [0.15, 0.2) is 5.96 Å². The van der Waals surface area contributed by atoms with Crippen molar-refractivity contribution in [3.05, 3.63) is 18.2 Å². The van der Waals surface area contributed by atoms with Gasteiger partial charge in [0.25, 0.3) is 0 Å². The fraction of sp³-hybridized carbons (Fsp3) is 0.636. The van der Waals surface area contributed by atoms with Crippen LogP contribution in [0.15, 0.2) is 17.4 Å². The normalized spacial score (nSPS) is 16.9. The van der Waals surface area contributed by atoms with Gasteiger partial charge in [-0.25, -0.2) is 9.98 Å². The maximum atomic E-state index is 5.82. The molecule has 1 aromatic heterocycles. The Morgan fingerprint density at radius 1 is 1.59 bits per heavy atom. The van der Waals surface area contributed by atoms with Gasteiger partial charge in [-0.2, -0.15) is 0 Å². The zero-order valence-electron chi connectivity index (χ0n) is 10.1. The molecule has 1 aliphatic rings. The lowest BCUT2D eigenvalue weighted by atomic mass is 10.2. The van der Waals surface area contributed by atoms with Crippen LogP contribution in [0.25, 0.3) is 0 Å². The van der Waals surface area contributed by atoms with Crippen LogP contribution in [0.3, 0.4) is 0 Å². The first kappa shape index (κ1) is 14.3. The predicted octanol–water partition coefficient (Wildman–Crippen LogP) is 1.38. The first-order valence-corrected chi connectivity index (χ1v) is 5.78. The van der Waals surface area contributed by atoms with Gasteiger partial charge in [-0.15, -0.1) is 24.0 Å². The van der Waals surface area contributed by atoms with Gasteiger partial charge in [0, 0.05) is 25.5 Å². The highest BCUT2D eigenvalue weighted by Crippen LogP contribution is 2.17. The van der Waals surface area contributed by atoms with Gasteiger partial charge >= 0.3 is 0 Å². The van der Waals surface area contributed by atoms with Crippen LogP contribution in [-0.2, 0) is 13.6 Å². The summed E-state index contributed by atoms with van der Waals surface area (Å²) in [5, 5.41) is 3.25. The molecule has 1 heterocycles. The van der Waals surface area contributed by atoms with Crippen molar-refractivity contribution in [2.75, 3.05) is 0 Å². The highest BCUT2D eigenvalue weighted by Gasteiger charge is 2.14. The molecule has 17 heavy (non-hydrogen) atoms. The molecule has 96 valence electrons. The van der Waals surface area contributed by atoms with Crippen LogP contribution in [-0.4, -0.2) is 21.6 Å². The molecule has 0 spiro atoms. The number of halogens is 1. The van der Waals surface area contributed by atoms with E-state index in [1.54, 1.807) is 6.20 Å². The topological polar surface area (TPSA) is 68.2 Å². The summed E-state index contributed by atoms with van der Waals surface area (Å²) in [5.74, 6) is 1.46. The first-order valence-electron chi connectivity index (χ1n) is 5.78. The summed E-state index contributed by atoms with van der Waals surface area (Å²) in [5.41, 5.74) is 5.82. The Morgan fingerprint density at radius 3 is 2.88 bits per heavy atom. The minimum absolute atomic E-state index is 0. The standard InChI is InChI=1S/C11H19N5.HI/c1-16-7-6-13-10(16)8-14-11(12)15-9-4-2-3-5-9;/h6-7,9H,2-5,8H2,1H3,(H3,12,14,15);1H. The van der Waals surface area contributed by atoms with Crippen molar-refractivity contribution in [1.82, 2.24) is 14.9 Å². The van der Waals surface area contributed by atoms with Crippen LogP contribution in [0.1, 0.15) is 31.5 Å². The molecule has 1 fully saturated rings. The molecule has 0 aromatic carbocycles. The lowest BCUT2D eigenvalue weighted by Crippen LogP contribution is -2.38. The lowest BCUT2D eigenvalue weighted by molar-refractivity contribution is 0.624. The number of aliphatic imine (C=N–C) groups is 1. The second kappa shape index (κ2) is 6.83. The minimum Gasteiger partial charge on any atom is -0.370 e. The van der Waals surface area contributed by atoms with E-state index in [0.29, 0.717) is 18.5 Å². The fourth-order valence-electron chi connectivity index (χ4n) is 2.03. The van der Waals surface area contributed by atoms with Crippen LogP contribution < -0.4 is 11.1 Å². The van der Waals surface area contributed by atoms with E-state index >= 15 is 0 Å². The van der Waals surface area contributed by atoms with E-state index in [9.17, 15) is 0 Å². The van der Waals surface area contributed by atoms with Crippen LogP contribution in [0.4, 0.5) is 0 Å². The average molecular weight is 349 g/mol. The molecule has 0 atom stereocenters. The minimum atomic E-state index is 0. The Balaban J connectivity index is 0.00000144. The second-order valence-corrected chi connectivity index (χ2v) is 4.28. The molecule has 0 unspecified atom stereocenters.